The highest BCUT2D eigenvalue weighted by molar-refractivity contribution is 6.30. The fourth-order valence-electron chi connectivity index (χ4n) is 3.26. The number of oxime groups is 1. The second-order valence-corrected chi connectivity index (χ2v) is 6.50. The van der Waals surface area contributed by atoms with Gasteiger partial charge in [0.05, 0.1) is 0 Å². The highest BCUT2D eigenvalue weighted by Gasteiger charge is 2.22. The average Bonchev–Trinajstić information content (AvgIpc) is 2.49. The van der Waals surface area contributed by atoms with Crippen LogP contribution in [0, 0.1) is 11.8 Å². The van der Waals surface area contributed by atoms with Crippen LogP contribution in [0.2, 0.25) is 5.02 Å². The van der Waals surface area contributed by atoms with Gasteiger partial charge in [-0.15, -0.1) is 0 Å². The van der Waals surface area contributed by atoms with E-state index < -0.39 is 0 Å². The molecule has 1 aliphatic rings. The summed E-state index contributed by atoms with van der Waals surface area (Å²) in [7, 11) is 0. The van der Waals surface area contributed by atoms with E-state index in [0.29, 0.717) is 16.8 Å². The normalized spacial score (nSPS) is 23.0. The van der Waals surface area contributed by atoms with Gasteiger partial charge in [-0.1, -0.05) is 55.4 Å². The Kier molecular flexibility index (Phi) is 6.37. The topological polar surface area (TPSA) is 44.6 Å². The summed E-state index contributed by atoms with van der Waals surface area (Å²) in [6.45, 7) is 2.26. The number of nitrogens with zero attached hydrogens (tertiary/aromatic N) is 1. The minimum Gasteiger partial charge on any atom is -0.409 e. The quantitative estimate of drug-likeness (QED) is 0.325. The van der Waals surface area contributed by atoms with Crippen LogP contribution in [0.5, 0.6) is 0 Å². The second-order valence-electron chi connectivity index (χ2n) is 6.06. The second kappa shape index (κ2) is 8.28. The lowest BCUT2D eigenvalue weighted by molar-refractivity contribution is 0.263. The Hall–Kier alpha value is -1.22. The van der Waals surface area contributed by atoms with Crippen LogP contribution in [0.25, 0.3) is 0 Å². The first-order chi connectivity index (χ1) is 10.2. The Morgan fingerprint density at radius 3 is 2.62 bits per heavy atom. The van der Waals surface area contributed by atoms with E-state index in [1.54, 1.807) is 0 Å². The van der Waals surface area contributed by atoms with Gasteiger partial charge in [0.15, 0.2) is 0 Å². The summed E-state index contributed by atoms with van der Waals surface area (Å²) < 4.78 is 0. The predicted octanol–water partition coefficient (Wildman–Crippen LogP) is 5.54. The van der Waals surface area contributed by atoms with Gasteiger partial charge >= 0.3 is 0 Å². The van der Waals surface area contributed by atoms with Crippen LogP contribution in [0.15, 0.2) is 29.4 Å². The molecule has 3 nitrogen and oxygen atoms in total. The van der Waals surface area contributed by atoms with Crippen LogP contribution in [0.1, 0.15) is 51.9 Å². The van der Waals surface area contributed by atoms with E-state index in [0.717, 1.165) is 18.0 Å². The molecule has 4 heteroatoms. The summed E-state index contributed by atoms with van der Waals surface area (Å²) in [5.41, 5.74) is 0.870. The zero-order valence-electron chi connectivity index (χ0n) is 12.7. The average molecular weight is 309 g/mol. The van der Waals surface area contributed by atoms with Crippen LogP contribution in [-0.2, 0) is 0 Å². The largest absolute Gasteiger partial charge is 0.409 e. The van der Waals surface area contributed by atoms with E-state index >= 15 is 0 Å². The van der Waals surface area contributed by atoms with Crippen molar-refractivity contribution in [1.82, 2.24) is 0 Å². The number of hydrogen-bond acceptors (Lipinski definition) is 2. The summed E-state index contributed by atoms with van der Waals surface area (Å²) in [5.74, 6) is 2.16. The third-order valence-electron chi connectivity index (χ3n) is 4.38. The van der Waals surface area contributed by atoms with Crippen molar-refractivity contribution < 1.29 is 5.21 Å². The van der Waals surface area contributed by atoms with Gasteiger partial charge in [0.1, 0.15) is 5.84 Å². The molecule has 0 atom stereocenters. The molecule has 0 bridgehead atoms. The zero-order valence-corrected chi connectivity index (χ0v) is 13.4. The fraction of sp³-hybridized carbons (Fsp3) is 0.588. The van der Waals surface area contributed by atoms with Crippen molar-refractivity contribution in [2.24, 2.45) is 17.0 Å². The summed E-state index contributed by atoms with van der Waals surface area (Å²) in [6.07, 6.45) is 8.55. The molecular formula is C17H25ClN2O. The van der Waals surface area contributed by atoms with Gasteiger partial charge in [0.2, 0.25) is 0 Å². The first kappa shape index (κ1) is 16.2. The number of rotatable bonds is 5. The number of hydrogen-bond donors (Lipinski definition) is 2. The monoisotopic (exact) mass is 308 g/mol. The molecule has 1 fully saturated rings. The molecule has 0 aliphatic heterocycles. The van der Waals surface area contributed by atoms with Crippen molar-refractivity contribution in [1.29, 1.82) is 0 Å². The lowest BCUT2D eigenvalue weighted by Gasteiger charge is -2.28. The molecule has 21 heavy (non-hydrogen) atoms. The molecule has 116 valence electrons. The summed E-state index contributed by atoms with van der Waals surface area (Å²) >= 11 is 5.97. The van der Waals surface area contributed by atoms with Gasteiger partial charge in [-0.05, 0) is 42.9 Å². The summed E-state index contributed by atoms with van der Waals surface area (Å²) in [6, 6.07) is 7.48. The van der Waals surface area contributed by atoms with Gasteiger partial charge in [0, 0.05) is 17.1 Å². The first-order valence-corrected chi connectivity index (χ1v) is 8.32. The van der Waals surface area contributed by atoms with Gasteiger partial charge in [-0.25, -0.2) is 0 Å². The molecule has 1 saturated carbocycles. The van der Waals surface area contributed by atoms with Crippen LogP contribution >= 0.6 is 11.6 Å². The van der Waals surface area contributed by atoms with Crippen LogP contribution in [0.3, 0.4) is 0 Å². The molecule has 0 saturated heterocycles. The van der Waals surface area contributed by atoms with Gasteiger partial charge in [-0.2, -0.15) is 0 Å². The maximum atomic E-state index is 9.22. The standard InChI is InChI=1S/C17H25ClN2O/c1-2-4-13-7-9-14(10-8-13)11-17(20-21)19-16-6-3-5-15(18)12-16/h3,5-6,12-14,21H,2,4,7-11H2,1H3,(H,19,20)/t13-,14+. The van der Waals surface area contributed by atoms with E-state index in [1.807, 2.05) is 24.3 Å². The molecule has 1 aliphatic carbocycles. The Bertz CT molecular complexity index is 468. The highest BCUT2D eigenvalue weighted by atomic mass is 35.5. The van der Waals surface area contributed by atoms with E-state index in [1.165, 1.54) is 38.5 Å². The number of amidine groups is 1. The minimum absolute atomic E-state index is 0.621. The van der Waals surface area contributed by atoms with Crippen LogP contribution < -0.4 is 5.32 Å². The van der Waals surface area contributed by atoms with Crippen LogP contribution in [-0.4, -0.2) is 11.0 Å². The number of benzene rings is 1. The number of halogens is 1. The Balaban J connectivity index is 1.83. The summed E-state index contributed by atoms with van der Waals surface area (Å²) in [5, 5.41) is 16.5. The Labute approximate surface area is 132 Å². The smallest absolute Gasteiger partial charge is 0.146 e. The van der Waals surface area contributed by atoms with Crippen molar-refractivity contribution in [2.45, 2.75) is 51.9 Å². The molecule has 0 radical (unpaired) electrons. The molecule has 0 heterocycles. The maximum absolute atomic E-state index is 9.22. The van der Waals surface area contributed by atoms with E-state index in [4.69, 9.17) is 11.6 Å². The molecule has 1 aromatic rings. The van der Waals surface area contributed by atoms with Gasteiger partial charge in [-0.3, -0.25) is 0 Å². The third-order valence-corrected chi connectivity index (χ3v) is 4.61. The molecule has 0 unspecified atom stereocenters. The SMILES string of the molecule is CCC[C@H]1CC[C@@H](CC(=NO)Nc2cccc(Cl)c2)CC1. The van der Waals surface area contributed by atoms with Crippen molar-refractivity contribution in [3.63, 3.8) is 0 Å². The Morgan fingerprint density at radius 2 is 2.00 bits per heavy atom. The zero-order chi connectivity index (χ0) is 15.1. The van der Waals surface area contributed by atoms with Crippen molar-refractivity contribution >= 4 is 23.1 Å². The molecule has 1 aromatic carbocycles. The van der Waals surface area contributed by atoms with Crippen molar-refractivity contribution in [2.75, 3.05) is 5.32 Å². The molecular weight excluding hydrogens is 284 g/mol. The molecule has 0 amide bonds. The van der Waals surface area contributed by atoms with Gasteiger partial charge in [0.25, 0.3) is 0 Å². The highest BCUT2D eigenvalue weighted by Crippen LogP contribution is 2.33. The minimum atomic E-state index is 0.621. The number of nitrogens with one attached hydrogen (secondary N) is 1. The molecule has 0 aromatic heterocycles. The third kappa shape index (κ3) is 5.24. The Morgan fingerprint density at radius 1 is 1.29 bits per heavy atom. The van der Waals surface area contributed by atoms with Crippen molar-refractivity contribution in [3.05, 3.63) is 29.3 Å². The lowest BCUT2D eigenvalue weighted by atomic mass is 9.78. The molecule has 2 N–H and O–H groups in total. The molecule has 2 rings (SSSR count). The lowest BCUT2D eigenvalue weighted by Crippen LogP contribution is -2.21. The van der Waals surface area contributed by atoms with Gasteiger partial charge < -0.3 is 10.5 Å². The van der Waals surface area contributed by atoms with Crippen molar-refractivity contribution in [3.8, 4) is 0 Å². The number of anilines is 1. The van der Waals surface area contributed by atoms with E-state index in [-0.39, 0.29) is 0 Å². The van der Waals surface area contributed by atoms with E-state index in [9.17, 15) is 5.21 Å². The fourth-order valence-corrected chi connectivity index (χ4v) is 3.45. The van der Waals surface area contributed by atoms with Crippen LogP contribution in [0.4, 0.5) is 5.69 Å². The predicted molar refractivity (Wildman–Crippen MR) is 89.3 cm³/mol. The first-order valence-electron chi connectivity index (χ1n) is 7.94. The van der Waals surface area contributed by atoms with E-state index in [2.05, 4.69) is 17.4 Å². The maximum Gasteiger partial charge on any atom is 0.146 e. The molecule has 0 spiro atoms. The summed E-state index contributed by atoms with van der Waals surface area (Å²) in [4.78, 5) is 0.